The number of amides is 2. The molecule has 0 bridgehead atoms. The van der Waals surface area contributed by atoms with Gasteiger partial charge in [-0.2, -0.15) is 0 Å². The molecule has 2 unspecified atom stereocenters. The van der Waals surface area contributed by atoms with Gasteiger partial charge in [0.15, 0.2) is 5.78 Å². The molecule has 2 atom stereocenters. The topological polar surface area (TPSA) is 197 Å². The summed E-state index contributed by atoms with van der Waals surface area (Å²) < 4.78 is 10.6. The molecule has 0 radical (unpaired) electrons. The lowest BCUT2D eigenvalue weighted by Gasteiger charge is -2.13. The van der Waals surface area contributed by atoms with Crippen LogP contribution >= 0.6 is 0 Å². The molecule has 0 aliphatic rings. The zero-order valence-electron chi connectivity index (χ0n) is 24.3. The van der Waals surface area contributed by atoms with Gasteiger partial charge in [0.25, 0.3) is 5.91 Å². The minimum atomic E-state index is -1.19. The number of nitrogens with one attached hydrogen (secondary N) is 3. The molecule has 13 heteroatoms. The van der Waals surface area contributed by atoms with Gasteiger partial charge in [0.05, 0.1) is 25.7 Å². The fourth-order valence-corrected chi connectivity index (χ4v) is 3.82. The van der Waals surface area contributed by atoms with Crippen LogP contribution in [0.3, 0.4) is 0 Å². The van der Waals surface area contributed by atoms with E-state index in [4.69, 9.17) is 14.6 Å². The first-order valence-corrected chi connectivity index (χ1v) is 14.0. The summed E-state index contributed by atoms with van der Waals surface area (Å²) in [5.41, 5.74) is 1.64. The maximum Gasteiger partial charge on any atom is 0.320 e. The summed E-state index contributed by atoms with van der Waals surface area (Å²) in [6.07, 6.45) is 0.382. The molecule has 2 amide bonds. The molecule has 13 nitrogen and oxygen atoms in total. The van der Waals surface area contributed by atoms with E-state index in [1.807, 2.05) is 19.1 Å². The third-order valence-corrected chi connectivity index (χ3v) is 6.34. The van der Waals surface area contributed by atoms with Gasteiger partial charge >= 0.3 is 11.9 Å². The first kappa shape index (κ1) is 36.3. The van der Waals surface area contributed by atoms with E-state index in [1.54, 1.807) is 12.1 Å². The second kappa shape index (κ2) is 21.1. The van der Waals surface area contributed by atoms with Crippen molar-refractivity contribution >= 4 is 35.3 Å². The molecule has 42 heavy (non-hydrogen) atoms. The number of ketones is 2. The molecule has 0 spiro atoms. The lowest BCUT2D eigenvalue weighted by atomic mass is 9.94. The van der Waals surface area contributed by atoms with Gasteiger partial charge in [0.2, 0.25) is 5.91 Å². The number of carbonyl (C=O) groups is 6. The molecule has 234 valence electrons. The van der Waals surface area contributed by atoms with E-state index in [9.17, 15) is 33.9 Å². The number of benzene rings is 1. The van der Waals surface area contributed by atoms with Crippen LogP contribution < -0.4 is 16.0 Å². The molecule has 0 aliphatic carbocycles. The van der Waals surface area contributed by atoms with Crippen LogP contribution in [-0.4, -0.2) is 98.1 Å². The number of hydrogen-bond donors (Lipinski definition) is 5. The van der Waals surface area contributed by atoms with Crippen LogP contribution in [0, 0.1) is 12.8 Å². The molecule has 1 aromatic carbocycles. The molecule has 1 aromatic rings. The largest absolute Gasteiger partial charge is 0.481 e. The minimum absolute atomic E-state index is 0.0247. The van der Waals surface area contributed by atoms with Crippen LogP contribution in [0.4, 0.5) is 0 Å². The van der Waals surface area contributed by atoms with Gasteiger partial charge in [-0.3, -0.25) is 28.8 Å². The number of hydrogen-bond acceptors (Lipinski definition) is 9. The van der Waals surface area contributed by atoms with E-state index < -0.39 is 23.9 Å². The number of carbonyl (C=O) groups excluding carboxylic acids is 4. The Morgan fingerprint density at radius 2 is 1.48 bits per heavy atom. The zero-order valence-corrected chi connectivity index (χ0v) is 24.3. The number of Topliss-reactive ketones (excluding diaryl/α,β-unsaturated/α-hetero) is 2. The lowest BCUT2D eigenvalue weighted by Crippen LogP contribution is -2.34. The normalized spacial score (nSPS) is 12.2. The van der Waals surface area contributed by atoms with Crippen LogP contribution in [0.1, 0.15) is 60.9 Å². The Morgan fingerprint density at radius 1 is 0.786 bits per heavy atom. The molecular weight excluding hydrogens is 550 g/mol. The van der Waals surface area contributed by atoms with Crippen LogP contribution in [0.5, 0.6) is 0 Å². The van der Waals surface area contributed by atoms with E-state index in [0.717, 1.165) is 5.56 Å². The third kappa shape index (κ3) is 16.6. The van der Waals surface area contributed by atoms with Crippen molar-refractivity contribution in [3.63, 3.8) is 0 Å². The average molecular weight is 594 g/mol. The molecule has 0 saturated heterocycles. The average Bonchev–Trinajstić information content (AvgIpc) is 2.94. The van der Waals surface area contributed by atoms with E-state index in [2.05, 4.69) is 16.0 Å². The standard InChI is InChI=1S/C29H43N3O10/c1-20-5-7-21(8-6-20)27(36)32-13-3-4-24(34)19-42-17-16-41-15-14-31-26(35)12-9-22(28(37)38)18-23(33)10-11-25(30-2)29(39)40/h5-8,22,25,30H,3-4,9-19H2,1-2H3,(H,31,35)(H,32,36)(H,37,38)(H,39,40). The highest BCUT2D eigenvalue weighted by atomic mass is 16.5. The van der Waals surface area contributed by atoms with Crippen molar-refractivity contribution in [2.45, 2.75) is 57.9 Å². The number of carboxylic acid groups (broad SMARTS) is 2. The Kier molecular flexibility index (Phi) is 18.2. The number of likely N-dealkylation sites (N-methyl/N-ethyl adjacent to an activating group) is 1. The Labute approximate surface area is 245 Å². The van der Waals surface area contributed by atoms with Crippen molar-refractivity contribution in [3.05, 3.63) is 35.4 Å². The highest BCUT2D eigenvalue weighted by molar-refractivity contribution is 5.94. The van der Waals surface area contributed by atoms with Crippen LogP contribution in [0.25, 0.3) is 0 Å². The quantitative estimate of drug-likeness (QED) is 0.108. The molecule has 0 aromatic heterocycles. The van der Waals surface area contributed by atoms with Crippen molar-refractivity contribution < 1.29 is 48.5 Å². The Hall–Kier alpha value is -3.68. The van der Waals surface area contributed by atoms with Gasteiger partial charge in [-0.05, 0) is 45.4 Å². The Bertz CT molecular complexity index is 1030. The Balaban J connectivity index is 2.06. The third-order valence-electron chi connectivity index (χ3n) is 6.34. The number of ether oxygens (including phenoxy) is 2. The van der Waals surface area contributed by atoms with Crippen molar-refractivity contribution in [2.24, 2.45) is 5.92 Å². The molecule has 0 saturated carbocycles. The molecular formula is C29H43N3O10. The summed E-state index contributed by atoms with van der Waals surface area (Å²) in [5.74, 6) is -4.33. The first-order valence-electron chi connectivity index (χ1n) is 14.0. The minimum Gasteiger partial charge on any atom is -0.481 e. The second-order valence-corrected chi connectivity index (χ2v) is 9.81. The summed E-state index contributed by atoms with van der Waals surface area (Å²) >= 11 is 0. The molecule has 1 rings (SSSR count). The van der Waals surface area contributed by atoms with Gasteiger partial charge < -0.3 is 35.6 Å². The van der Waals surface area contributed by atoms with Crippen LogP contribution in [-0.2, 0) is 33.4 Å². The summed E-state index contributed by atoms with van der Waals surface area (Å²) in [5, 5.41) is 26.3. The fourth-order valence-electron chi connectivity index (χ4n) is 3.82. The smallest absolute Gasteiger partial charge is 0.320 e. The summed E-state index contributed by atoms with van der Waals surface area (Å²) in [6.45, 7) is 3.07. The molecule has 0 heterocycles. The van der Waals surface area contributed by atoms with E-state index in [-0.39, 0.29) is 94.9 Å². The van der Waals surface area contributed by atoms with Crippen molar-refractivity contribution in [1.29, 1.82) is 0 Å². The summed E-state index contributed by atoms with van der Waals surface area (Å²) in [6, 6.07) is 6.33. The fraction of sp³-hybridized carbons (Fsp3) is 0.586. The van der Waals surface area contributed by atoms with E-state index >= 15 is 0 Å². The first-order chi connectivity index (χ1) is 20.0. The van der Waals surface area contributed by atoms with E-state index in [0.29, 0.717) is 18.5 Å². The molecule has 5 N–H and O–H groups in total. The van der Waals surface area contributed by atoms with Crippen LogP contribution in [0.2, 0.25) is 0 Å². The predicted octanol–water partition coefficient (Wildman–Crippen LogP) is 1.12. The van der Waals surface area contributed by atoms with Gasteiger partial charge in [-0.15, -0.1) is 0 Å². The SMILES string of the molecule is CNC(CCC(=O)CC(CCC(=O)NCCOCCOCC(=O)CCCNC(=O)c1ccc(C)cc1)C(=O)O)C(=O)O. The summed E-state index contributed by atoms with van der Waals surface area (Å²) in [4.78, 5) is 70.5. The molecule has 0 aliphatic heterocycles. The number of aryl methyl sites for hydroxylation is 1. The maximum atomic E-state index is 12.1. The highest BCUT2D eigenvalue weighted by Gasteiger charge is 2.23. The van der Waals surface area contributed by atoms with Gasteiger partial charge in [-0.1, -0.05) is 17.7 Å². The number of aliphatic carboxylic acids is 2. The van der Waals surface area contributed by atoms with Crippen molar-refractivity contribution in [3.8, 4) is 0 Å². The number of carboxylic acids is 2. The van der Waals surface area contributed by atoms with Crippen molar-refractivity contribution in [2.75, 3.05) is 46.6 Å². The monoisotopic (exact) mass is 593 g/mol. The van der Waals surface area contributed by atoms with Gasteiger partial charge in [-0.25, -0.2) is 0 Å². The summed E-state index contributed by atoms with van der Waals surface area (Å²) in [7, 11) is 1.46. The zero-order chi connectivity index (χ0) is 31.3. The maximum absolute atomic E-state index is 12.1. The predicted molar refractivity (Wildman–Crippen MR) is 152 cm³/mol. The Morgan fingerprint density at radius 3 is 2.12 bits per heavy atom. The lowest BCUT2D eigenvalue weighted by molar-refractivity contribution is -0.144. The number of rotatable bonds is 24. The second-order valence-electron chi connectivity index (χ2n) is 9.81. The van der Waals surface area contributed by atoms with Gasteiger partial charge in [0.1, 0.15) is 18.4 Å². The highest BCUT2D eigenvalue weighted by Crippen LogP contribution is 2.15. The van der Waals surface area contributed by atoms with E-state index in [1.165, 1.54) is 7.05 Å². The van der Waals surface area contributed by atoms with Crippen LogP contribution in [0.15, 0.2) is 24.3 Å². The van der Waals surface area contributed by atoms with Gasteiger partial charge in [0, 0.05) is 44.3 Å². The van der Waals surface area contributed by atoms with Crippen molar-refractivity contribution in [1.82, 2.24) is 16.0 Å². The molecule has 0 fully saturated rings.